The van der Waals surface area contributed by atoms with Gasteiger partial charge in [-0.25, -0.2) is 4.98 Å². The molecule has 2 aromatic heterocycles. The highest BCUT2D eigenvalue weighted by Crippen LogP contribution is 2.23. The summed E-state index contributed by atoms with van der Waals surface area (Å²) in [6.45, 7) is 2.00. The van der Waals surface area contributed by atoms with E-state index in [1.54, 1.807) is 0 Å². The lowest BCUT2D eigenvalue weighted by molar-refractivity contribution is 0.943. The molecule has 0 aliphatic rings. The highest BCUT2D eigenvalue weighted by Gasteiger charge is 2.09. The third-order valence-electron chi connectivity index (χ3n) is 2.90. The zero-order chi connectivity index (χ0) is 12.0. The third-order valence-corrected chi connectivity index (χ3v) is 3.15. The van der Waals surface area contributed by atoms with Crippen molar-refractivity contribution in [1.82, 2.24) is 14.0 Å². The molecule has 0 saturated carbocycles. The molecule has 3 rings (SSSR count). The second-order valence-electron chi connectivity index (χ2n) is 4.17. The Balaban J connectivity index is 2.20. The Hall–Kier alpha value is -1.74. The van der Waals surface area contributed by atoms with Crippen molar-refractivity contribution >= 4 is 17.4 Å². The Morgan fingerprint density at radius 3 is 2.47 bits per heavy atom. The van der Waals surface area contributed by atoms with Crippen molar-refractivity contribution in [2.45, 2.75) is 6.92 Å². The van der Waals surface area contributed by atoms with E-state index in [-0.39, 0.29) is 0 Å². The third kappa shape index (κ3) is 1.63. The molecule has 0 saturated heterocycles. The average molecular weight is 246 g/mol. The number of aryl methyl sites for hydroxylation is 2. The van der Waals surface area contributed by atoms with Crippen LogP contribution in [0.1, 0.15) is 5.69 Å². The summed E-state index contributed by atoms with van der Waals surface area (Å²) in [6, 6.07) is 7.84. The molecule has 17 heavy (non-hydrogen) atoms. The number of nitrogens with zero attached hydrogens (tertiary/aromatic N) is 3. The van der Waals surface area contributed by atoms with Crippen LogP contribution in [0.3, 0.4) is 0 Å². The Bertz CT molecular complexity index is 677. The van der Waals surface area contributed by atoms with Crippen LogP contribution in [0.15, 0.2) is 36.7 Å². The molecule has 0 spiro atoms. The first kappa shape index (κ1) is 10.4. The van der Waals surface area contributed by atoms with Crippen LogP contribution >= 0.6 is 11.6 Å². The van der Waals surface area contributed by atoms with Gasteiger partial charge in [0.05, 0.1) is 11.4 Å². The van der Waals surface area contributed by atoms with Gasteiger partial charge in [-0.1, -0.05) is 23.7 Å². The molecule has 3 aromatic rings. The van der Waals surface area contributed by atoms with Crippen molar-refractivity contribution in [3.05, 3.63) is 47.4 Å². The number of hydrogen-bond acceptors (Lipinski definition) is 1. The zero-order valence-electron chi connectivity index (χ0n) is 9.68. The summed E-state index contributed by atoms with van der Waals surface area (Å²) < 4.78 is 4.12. The van der Waals surface area contributed by atoms with Crippen molar-refractivity contribution in [1.29, 1.82) is 0 Å². The molecular weight excluding hydrogens is 234 g/mol. The molecule has 1 aromatic carbocycles. The number of aromatic nitrogens is 3. The van der Waals surface area contributed by atoms with Gasteiger partial charge in [0.1, 0.15) is 0 Å². The van der Waals surface area contributed by atoms with Gasteiger partial charge in [-0.2, -0.15) is 0 Å². The topological polar surface area (TPSA) is 22.2 Å². The van der Waals surface area contributed by atoms with Gasteiger partial charge < -0.3 is 4.57 Å². The van der Waals surface area contributed by atoms with Crippen LogP contribution in [-0.2, 0) is 7.05 Å². The van der Waals surface area contributed by atoms with Crippen LogP contribution < -0.4 is 0 Å². The van der Waals surface area contributed by atoms with E-state index in [9.17, 15) is 0 Å². The SMILES string of the molecule is Cc1cn2cc(-c3ccc(Cl)cc3)n(C)c2n1. The van der Waals surface area contributed by atoms with Crippen molar-refractivity contribution in [2.24, 2.45) is 7.05 Å². The number of fused-ring (bicyclic) bond motifs is 1. The van der Waals surface area contributed by atoms with Gasteiger partial charge in [0.2, 0.25) is 5.78 Å². The fourth-order valence-corrected chi connectivity index (χ4v) is 2.19. The quantitative estimate of drug-likeness (QED) is 0.645. The van der Waals surface area contributed by atoms with E-state index in [1.165, 1.54) is 0 Å². The van der Waals surface area contributed by atoms with E-state index in [0.717, 1.165) is 27.8 Å². The summed E-state index contributed by atoms with van der Waals surface area (Å²) >= 11 is 5.89. The fraction of sp³-hybridized carbons (Fsp3) is 0.154. The summed E-state index contributed by atoms with van der Waals surface area (Å²) in [6.07, 6.45) is 4.10. The summed E-state index contributed by atoms with van der Waals surface area (Å²) in [7, 11) is 2.02. The first-order chi connectivity index (χ1) is 8.15. The minimum Gasteiger partial charge on any atom is -0.313 e. The van der Waals surface area contributed by atoms with Crippen LogP contribution in [0.5, 0.6) is 0 Å². The van der Waals surface area contributed by atoms with E-state index in [4.69, 9.17) is 11.6 Å². The molecule has 3 nitrogen and oxygen atoms in total. The lowest BCUT2D eigenvalue weighted by atomic mass is 10.2. The first-order valence-electron chi connectivity index (χ1n) is 5.42. The normalized spacial score (nSPS) is 11.2. The molecule has 0 amide bonds. The number of hydrogen-bond donors (Lipinski definition) is 0. The number of benzene rings is 1. The summed E-state index contributed by atoms with van der Waals surface area (Å²) in [5, 5.41) is 0.753. The molecule has 0 aliphatic heterocycles. The maximum atomic E-state index is 5.89. The number of imidazole rings is 2. The summed E-state index contributed by atoms with van der Waals surface area (Å²) in [4.78, 5) is 4.48. The van der Waals surface area contributed by atoms with Gasteiger partial charge in [-0.3, -0.25) is 4.40 Å². The Morgan fingerprint density at radius 1 is 1.12 bits per heavy atom. The molecular formula is C13H12ClN3. The number of halogens is 1. The molecule has 2 heterocycles. The van der Waals surface area contributed by atoms with Crippen LogP contribution in [0.2, 0.25) is 5.02 Å². The van der Waals surface area contributed by atoms with E-state index in [2.05, 4.69) is 15.7 Å². The average Bonchev–Trinajstić information content (AvgIpc) is 2.79. The standard InChI is InChI=1S/C13H12ClN3/c1-9-7-17-8-12(16(2)13(17)15-9)10-3-5-11(14)6-4-10/h3-8H,1-2H3. The first-order valence-corrected chi connectivity index (χ1v) is 5.80. The minimum atomic E-state index is 0.753. The van der Waals surface area contributed by atoms with E-state index < -0.39 is 0 Å². The van der Waals surface area contributed by atoms with Crippen molar-refractivity contribution in [3.63, 3.8) is 0 Å². The molecule has 86 valence electrons. The van der Waals surface area contributed by atoms with Gasteiger partial charge >= 0.3 is 0 Å². The maximum Gasteiger partial charge on any atom is 0.214 e. The lowest BCUT2D eigenvalue weighted by Crippen LogP contribution is -1.92. The van der Waals surface area contributed by atoms with Crippen LogP contribution in [-0.4, -0.2) is 14.0 Å². The van der Waals surface area contributed by atoms with Gasteiger partial charge in [0.15, 0.2) is 0 Å². The fourth-order valence-electron chi connectivity index (χ4n) is 2.06. The Labute approximate surface area is 104 Å². The van der Waals surface area contributed by atoms with Gasteiger partial charge in [-0.15, -0.1) is 0 Å². The van der Waals surface area contributed by atoms with Gasteiger partial charge in [0.25, 0.3) is 0 Å². The molecule has 0 unspecified atom stereocenters. The zero-order valence-corrected chi connectivity index (χ0v) is 10.4. The van der Waals surface area contributed by atoms with Crippen LogP contribution in [0.25, 0.3) is 17.0 Å². The monoisotopic (exact) mass is 245 g/mol. The maximum absolute atomic E-state index is 5.89. The predicted octanol–water partition coefficient (Wildman–Crippen LogP) is 3.30. The molecule has 0 bridgehead atoms. The van der Waals surface area contributed by atoms with E-state index in [0.29, 0.717) is 0 Å². The van der Waals surface area contributed by atoms with E-state index in [1.807, 2.05) is 48.8 Å². The highest BCUT2D eigenvalue weighted by atomic mass is 35.5. The van der Waals surface area contributed by atoms with Gasteiger partial charge in [0, 0.05) is 24.5 Å². The smallest absolute Gasteiger partial charge is 0.214 e. The molecule has 0 N–H and O–H groups in total. The molecule has 0 aliphatic carbocycles. The molecule has 4 heteroatoms. The minimum absolute atomic E-state index is 0.753. The van der Waals surface area contributed by atoms with Crippen molar-refractivity contribution < 1.29 is 0 Å². The molecule has 0 fully saturated rings. The molecule has 0 radical (unpaired) electrons. The predicted molar refractivity (Wildman–Crippen MR) is 69.3 cm³/mol. The molecule has 0 atom stereocenters. The van der Waals surface area contributed by atoms with Gasteiger partial charge in [-0.05, 0) is 24.6 Å². The van der Waals surface area contributed by atoms with Crippen molar-refractivity contribution in [2.75, 3.05) is 0 Å². The Kier molecular flexibility index (Phi) is 2.23. The Morgan fingerprint density at radius 2 is 1.82 bits per heavy atom. The highest BCUT2D eigenvalue weighted by molar-refractivity contribution is 6.30. The summed E-state index contributed by atoms with van der Waals surface area (Å²) in [5.74, 6) is 0.951. The lowest BCUT2D eigenvalue weighted by Gasteiger charge is -2.02. The van der Waals surface area contributed by atoms with E-state index >= 15 is 0 Å². The second kappa shape index (κ2) is 3.64. The largest absolute Gasteiger partial charge is 0.313 e. The van der Waals surface area contributed by atoms with Crippen molar-refractivity contribution in [3.8, 4) is 11.3 Å². The summed E-state index contributed by atoms with van der Waals surface area (Å²) in [5.41, 5.74) is 3.29. The number of rotatable bonds is 1. The second-order valence-corrected chi connectivity index (χ2v) is 4.61. The van der Waals surface area contributed by atoms with Crippen LogP contribution in [0.4, 0.5) is 0 Å². The van der Waals surface area contributed by atoms with Crippen LogP contribution in [0, 0.1) is 6.92 Å².